The highest BCUT2D eigenvalue weighted by Crippen LogP contribution is 2.30. The molecule has 0 atom stereocenters. The van der Waals surface area contributed by atoms with Gasteiger partial charge in [-0.3, -0.25) is 9.59 Å². The maximum atomic E-state index is 12.0. The van der Waals surface area contributed by atoms with Gasteiger partial charge in [-0.15, -0.1) is 11.3 Å². The summed E-state index contributed by atoms with van der Waals surface area (Å²) in [7, 11) is 0. The average molecular weight is 321 g/mol. The molecular weight excluding hydrogens is 308 g/mol. The first-order valence-corrected chi connectivity index (χ1v) is 7.79. The number of hydrogen-bond donors (Lipinski definition) is 2. The Bertz CT molecular complexity index is 677. The van der Waals surface area contributed by atoms with Crippen molar-refractivity contribution in [2.45, 2.75) is 12.8 Å². The highest BCUT2D eigenvalue weighted by molar-refractivity contribution is 7.18. The summed E-state index contributed by atoms with van der Waals surface area (Å²) in [5, 5.41) is 5.64. The minimum atomic E-state index is -0.193. The summed E-state index contributed by atoms with van der Waals surface area (Å²) in [6.45, 7) is 0. The standard InChI is InChI=1S/C15H13ClN2O2S/c16-13-8-7-12(21-13)15(20)18-11-5-3-10(4-6-11)17-14(19)9-1-2-9/h3-9H,1-2H2,(H,17,19)(H,18,20). The summed E-state index contributed by atoms with van der Waals surface area (Å²) >= 11 is 7.04. The molecule has 21 heavy (non-hydrogen) atoms. The van der Waals surface area contributed by atoms with Crippen LogP contribution >= 0.6 is 22.9 Å². The first kappa shape index (κ1) is 14.1. The van der Waals surface area contributed by atoms with Crippen molar-refractivity contribution in [2.24, 2.45) is 5.92 Å². The molecule has 108 valence electrons. The lowest BCUT2D eigenvalue weighted by atomic mass is 10.2. The molecule has 2 N–H and O–H groups in total. The van der Waals surface area contributed by atoms with Crippen LogP contribution in [-0.4, -0.2) is 11.8 Å². The van der Waals surface area contributed by atoms with E-state index in [-0.39, 0.29) is 17.7 Å². The second-order valence-electron chi connectivity index (χ2n) is 4.90. The molecule has 0 saturated heterocycles. The second kappa shape index (κ2) is 5.87. The Morgan fingerprint density at radius 3 is 2.14 bits per heavy atom. The lowest BCUT2D eigenvalue weighted by molar-refractivity contribution is -0.117. The zero-order valence-corrected chi connectivity index (χ0v) is 12.6. The number of amides is 2. The van der Waals surface area contributed by atoms with E-state index in [2.05, 4.69) is 10.6 Å². The number of carbonyl (C=O) groups excluding carboxylic acids is 2. The Balaban J connectivity index is 1.61. The fourth-order valence-corrected chi connectivity index (χ4v) is 2.79. The molecule has 1 aliphatic rings. The van der Waals surface area contributed by atoms with E-state index in [0.29, 0.717) is 14.9 Å². The highest BCUT2D eigenvalue weighted by Gasteiger charge is 2.29. The largest absolute Gasteiger partial charge is 0.326 e. The SMILES string of the molecule is O=C(Nc1ccc(NC(=O)C2CC2)cc1)c1ccc(Cl)s1. The molecule has 0 radical (unpaired) electrons. The lowest BCUT2D eigenvalue weighted by Crippen LogP contribution is -2.13. The van der Waals surface area contributed by atoms with Crippen molar-refractivity contribution in [1.82, 2.24) is 0 Å². The van der Waals surface area contributed by atoms with Crippen LogP contribution in [0.1, 0.15) is 22.5 Å². The first-order valence-electron chi connectivity index (χ1n) is 6.59. The van der Waals surface area contributed by atoms with Gasteiger partial charge in [0, 0.05) is 17.3 Å². The summed E-state index contributed by atoms with van der Waals surface area (Å²) in [5.74, 6) is 0.0506. The molecule has 2 aromatic rings. The van der Waals surface area contributed by atoms with Gasteiger partial charge in [-0.25, -0.2) is 0 Å². The highest BCUT2D eigenvalue weighted by atomic mass is 35.5. The van der Waals surface area contributed by atoms with E-state index in [0.717, 1.165) is 18.5 Å². The Morgan fingerprint density at radius 2 is 1.62 bits per heavy atom. The van der Waals surface area contributed by atoms with Crippen molar-refractivity contribution in [3.8, 4) is 0 Å². The van der Waals surface area contributed by atoms with Crippen LogP contribution < -0.4 is 10.6 Å². The van der Waals surface area contributed by atoms with Crippen molar-refractivity contribution in [3.05, 3.63) is 45.6 Å². The summed E-state index contributed by atoms with van der Waals surface area (Å²) in [6.07, 6.45) is 1.95. The van der Waals surface area contributed by atoms with Gasteiger partial charge in [0.25, 0.3) is 5.91 Å². The molecular formula is C15H13ClN2O2S. The third-order valence-corrected chi connectivity index (χ3v) is 4.39. The fourth-order valence-electron chi connectivity index (χ4n) is 1.86. The zero-order valence-electron chi connectivity index (χ0n) is 11.1. The van der Waals surface area contributed by atoms with Crippen molar-refractivity contribution < 1.29 is 9.59 Å². The van der Waals surface area contributed by atoms with E-state index < -0.39 is 0 Å². The van der Waals surface area contributed by atoms with Crippen molar-refractivity contribution in [2.75, 3.05) is 10.6 Å². The Labute approximate surface area is 131 Å². The molecule has 1 aliphatic carbocycles. The second-order valence-corrected chi connectivity index (χ2v) is 6.61. The molecule has 1 aromatic heterocycles. The number of halogens is 1. The lowest BCUT2D eigenvalue weighted by Gasteiger charge is -2.07. The monoisotopic (exact) mass is 320 g/mol. The smallest absolute Gasteiger partial charge is 0.265 e. The predicted molar refractivity (Wildman–Crippen MR) is 85.1 cm³/mol. The van der Waals surface area contributed by atoms with Crippen LogP contribution in [0.5, 0.6) is 0 Å². The van der Waals surface area contributed by atoms with Gasteiger partial charge in [-0.1, -0.05) is 11.6 Å². The van der Waals surface area contributed by atoms with E-state index in [1.807, 2.05) is 0 Å². The van der Waals surface area contributed by atoms with Crippen LogP contribution in [-0.2, 0) is 4.79 Å². The van der Waals surface area contributed by atoms with Crippen LogP contribution in [0.2, 0.25) is 4.34 Å². The van der Waals surface area contributed by atoms with Crippen LogP contribution in [0.4, 0.5) is 11.4 Å². The molecule has 0 unspecified atom stereocenters. The summed E-state index contributed by atoms with van der Waals surface area (Å²) in [6, 6.07) is 10.4. The van der Waals surface area contributed by atoms with Gasteiger partial charge in [-0.05, 0) is 49.2 Å². The van der Waals surface area contributed by atoms with E-state index in [1.165, 1.54) is 11.3 Å². The third-order valence-electron chi connectivity index (χ3n) is 3.16. The minimum Gasteiger partial charge on any atom is -0.326 e. The molecule has 1 aromatic carbocycles. The summed E-state index contributed by atoms with van der Waals surface area (Å²) in [5.41, 5.74) is 1.41. The van der Waals surface area contributed by atoms with Crippen LogP contribution in [0, 0.1) is 5.92 Å². The fraction of sp³-hybridized carbons (Fsp3) is 0.200. The third kappa shape index (κ3) is 3.62. The van der Waals surface area contributed by atoms with Crippen molar-refractivity contribution >= 4 is 46.1 Å². The van der Waals surface area contributed by atoms with E-state index >= 15 is 0 Å². The van der Waals surface area contributed by atoms with Gasteiger partial charge in [0.2, 0.25) is 5.91 Å². The summed E-state index contributed by atoms with van der Waals surface area (Å²) < 4.78 is 0.582. The quantitative estimate of drug-likeness (QED) is 0.894. The molecule has 1 fully saturated rings. The maximum Gasteiger partial charge on any atom is 0.265 e. The molecule has 3 rings (SSSR count). The molecule has 0 spiro atoms. The predicted octanol–water partition coefficient (Wildman–Crippen LogP) is 4.00. The van der Waals surface area contributed by atoms with Gasteiger partial charge in [0.15, 0.2) is 0 Å². The average Bonchev–Trinajstić information content (AvgIpc) is 3.23. The molecule has 4 nitrogen and oxygen atoms in total. The molecule has 0 aliphatic heterocycles. The van der Waals surface area contributed by atoms with Crippen LogP contribution in [0.3, 0.4) is 0 Å². The van der Waals surface area contributed by atoms with Gasteiger partial charge in [0.05, 0.1) is 9.21 Å². The van der Waals surface area contributed by atoms with E-state index in [4.69, 9.17) is 11.6 Å². The van der Waals surface area contributed by atoms with Gasteiger partial charge in [-0.2, -0.15) is 0 Å². The van der Waals surface area contributed by atoms with Crippen LogP contribution in [0.15, 0.2) is 36.4 Å². The van der Waals surface area contributed by atoms with Crippen LogP contribution in [0.25, 0.3) is 0 Å². The Kier molecular flexibility index (Phi) is 3.94. The Morgan fingerprint density at radius 1 is 1.00 bits per heavy atom. The number of hydrogen-bond acceptors (Lipinski definition) is 3. The number of anilines is 2. The van der Waals surface area contributed by atoms with Crippen molar-refractivity contribution in [3.63, 3.8) is 0 Å². The maximum absolute atomic E-state index is 12.0. The zero-order chi connectivity index (χ0) is 14.8. The molecule has 2 amide bonds. The first-order chi connectivity index (χ1) is 10.1. The van der Waals surface area contributed by atoms with Crippen molar-refractivity contribution in [1.29, 1.82) is 0 Å². The molecule has 0 bridgehead atoms. The molecule has 6 heteroatoms. The van der Waals surface area contributed by atoms with Gasteiger partial charge >= 0.3 is 0 Å². The normalized spacial score (nSPS) is 13.8. The number of thiophene rings is 1. The Hall–Kier alpha value is -1.85. The van der Waals surface area contributed by atoms with E-state index in [9.17, 15) is 9.59 Å². The molecule has 1 saturated carbocycles. The molecule has 1 heterocycles. The van der Waals surface area contributed by atoms with Gasteiger partial charge in [0.1, 0.15) is 0 Å². The minimum absolute atomic E-state index is 0.0695. The number of carbonyl (C=O) groups is 2. The summed E-state index contributed by atoms with van der Waals surface area (Å²) in [4.78, 5) is 24.2. The topological polar surface area (TPSA) is 58.2 Å². The van der Waals surface area contributed by atoms with Gasteiger partial charge < -0.3 is 10.6 Å². The number of benzene rings is 1. The van der Waals surface area contributed by atoms with E-state index in [1.54, 1.807) is 36.4 Å². The number of nitrogens with one attached hydrogen (secondary N) is 2. The number of rotatable bonds is 4.